The van der Waals surface area contributed by atoms with Gasteiger partial charge in [-0.1, -0.05) is 0 Å². The molecule has 3 nitrogen and oxygen atoms in total. The monoisotopic (exact) mass is 293 g/mol. The molecule has 0 radical (unpaired) electrons. The summed E-state index contributed by atoms with van der Waals surface area (Å²) in [6.07, 6.45) is 0.964. The van der Waals surface area contributed by atoms with Crippen molar-refractivity contribution < 1.29 is 14.3 Å². The number of halogens is 1. The Morgan fingerprint density at radius 3 is 2.80 bits per heavy atom. The van der Waals surface area contributed by atoms with Gasteiger partial charge in [0.1, 0.15) is 5.82 Å². The van der Waals surface area contributed by atoms with Crippen LogP contribution >= 0.6 is 11.3 Å². The molecule has 20 heavy (non-hydrogen) atoms. The highest BCUT2D eigenvalue weighted by molar-refractivity contribution is 7.21. The Bertz CT molecular complexity index is 659. The third-order valence-corrected chi connectivity index (χ3v) is 5.11. The number of rotatable bonds is 1. The molecule has 0 atom stereocenters. The second-order valence-electron chi connectivity index (χ2n) is 5.22. The van der Waals surface area contributed by atoms with Crippen LogP contribution in [-0.4, -0.2) is 35.1 Å². The number of hydrogen-bond donors (Lipinski definition) is 1. The molecular weight excluding hydrogens is 277 g/mol. The Labute approximate surface area is 120 Å². The zero-order valence-corrected chi connectivity index (χ0v) is 12.0. The maximum absolute atomic E-state index is 13.3. The summed E-state index contributed by atoms with van der Waals surface area (Å²) in [6, 6.07) is 4.63. The number of amides is 1. The van der Waals surface area contributed by atoms with Crippen molar-refractivity contribution in [3.05, 3.63) is 34.5 Å². The smallest absolute Gasteiger partial charge is 0.264 e. The summed E-state index contributed by atoms with van der Waals surface area (Å²) in [5, 5.41) is 10.3. The Kier molecular flexibility index (Phi) is 3.48. The summed E-state index contributed by atoms with van der Waals surface area (Å²) in [4.78, 5) is 15.0. The number of aliphatic hydroxyl groups excluding tert-OH is 1. The fourth-order valence-electron chi connectivity index (χ4n) is 2.61. The van der Waals surface area contributed by atoms with E-state index in [9.17, 15) is 14.3 Å². The molecule has 1 saturated heterocycles. The van der Waals surface area contributed by atoms with E-state index in [1.807, 2.05) is 6.92 Å². The van der Waals surface area contributed by atoms with E-state index < -0.39 is 0 Å². The molecule has 0 spiro atoms. The average Bonchev–Trinajstić information content (AvgIpc) is 2.76. The summed E-state index contributed by atoms with van der Waals surface area (Å²) in [5.74, 6) is -0.283. The van der Waals surface area contributed by atoms with Crippen LogP contribution in [0.3, 0.4) is 0 Å². The molecule has 0 bridgehead atoms. The number of piperidine rings is 1. The van der Waals surface area contributed by atoms with Crippen LogP contribution in [0.25, 0.3) is 10.1 Å². The predicted octanol–water partition coefficient (Wildman–Crippen LogP) is 2.95. The molecule has 106 valence electrons. The summed E-state index contributed by atoms with van der Waals surface area (Å²) in [5.41, 5.74) is 0.848. The van der Waals surface area contributed by atoms with Crippen molar-refractivity contribution in [2.75, 3.05) is 13.1 Å². The van der Waals surface area contributed by atoms with Crippen LogP contribution in [0.2, 0.25) is 0 Å². The quantitative estimate of drug-likeness (QED) is 0.878. The second kappa shape index (κ2) is 5.14. The summed E-state index contributed by atoms with van der Waals surface area (Å²) >= 11 is 1.41. The molecule has 1 aromatic carbocycles. The van der Waals surface area contributed by atoms with E-state index in [1.54, 1.807) is 11.0 Å². The Balaban J connectivity index is 1.93. The Morgan fingerprint density at radius 1 is 1.40 bits per heavy atom. The van der Waals surface area contributed by atoms with Gasteiger partial charge >= 0.3 is 0 Å². The number of carbonyl (C=O) groups excluding carboxylic acids is 1. The van der Waals surface area contributed by atoms with Crippen molar-refractivity contribution in [1.82, 2.24) is 4.90 Å². The number of benzene rings is 1. The number of nitrogens with zero attached hydrogens (tertiary/aromatic N) is 1. The first-order valence-corrected chi connectivity index (χ1v) is 7.54. The molecule has 0 saturated carbocycles. The first-order chi connectivity index (χ1) is 9.56. The molecule has 1 aliphatic heterocycles. The van der Waals surface area contributed by atoms with Crippen LogP contribution in [-0.2, 0) is 0 Å². The SMILES string of the molecule is Cc1c(C(=O)N2CCC(O)CC2)sc2ccc(F)cc12. The summed E-state index contributed by atoms with van der Waals surface area (Å²) < 4.78 is 14.2. The van der Waals surface area contributed by atoms with Crippen molar-refractivity contribution in [3.63, 3.8) is 0 Å². The molecule has 1 amide bonds. The van der Waals surface area contributed by atoms with Crippen LogP contribution < -0.4 is 0 Å². The van der Waals surface area contributed by atoms with Crippen molar-refractivity contribution >= 4 is 27.3 Å². The number of likely N-dealkylation sites (tertiary alicyclic amines) is 1. The van der Waals surface area contributed by atoms with Crippen LogP contribution in [0.4, 0.5) is 4.39 Å². The second-order valence-corrected chi connectivity index (χ2v) is 6.27. The van der Waals surface area contributed by atoms with Gasteiger partial charge in [0, 0.05) is 17.8 Å². The zero-order chi connectivity index (χ0) is 14.3. The van der Waals surface area contributed by atoms with Crippen molar-refractivity contribution in [3.8, 4) is 0 Å². The number of aliphatic hydroxyl groups is 1. The fraction of sp³-hybridized carbons (Fsp3) is 0.400. The minimum absolute atomic E-state index is 0.00370. The summed E-state index contributed by atoms with van der Waals surface area (Å²) in [6.45, 7) is 3.04. The molecule has 5 heteroatoms. The van der Waals surface area contributed by atoms with E-state index in [0.29, 0.717) is 30.8 Å². The normalized spacial score (nSPS) is 16.9. The third-order valence-electron chi connectivity index (χ3n) is 3.84. The lowest BCUT2D eigenvalue weighted by atomic mass is 10.1. The van der Waals surface area contributed by atoms with E-state index in [4.69, 9.17) is 0 Å². The Morgan fingerprint density at radius 2 is 2.10 bits per heavy atom. The zero-order valence-electron chi connectivity index (χ0n) is 11.2. The van der Waals surface area contributed by atoms with Gasteiger partial charge in [0.2, 0.25) is 0 Å². The molecule has 0 aliphatic carbocycles. The molecule has 2 aromatic rings. The van der Waals surface area contributed by atoms with Gasteiger partial charge < -0.3 is 10.0 Å². The molecular formula is C15H16FNO2S. The van der Waals surface area contributed by atoms with Gasteiger partial charge in [-0.15, -0.1) is 11.3 Å². The lowest BCUT2D eigenvalue weighted by Gasteiger charge is -2.29. The standard InChI is InChI=1S/C15H16FNO2S/c1-9-12-8-10(16)2-3-13(12)20-14(9)15(19)17-6-4-11(18)5-7-17/h2-3,8,11,18H,4-7H2,1H3. The van der Waals surface area contributed by atoms with Crippen LogP contribution in [0, 0.1) is 12.7 Å². The van der Waals surface area contributed by atoms with Gasteiger partial charge in [-0.05, 0) is 48.9 Å². The van der Waals surface area contributed by atoms with Crippen LogP contribution in [0.1, 0.15) is 28.1 Å². The largest absolute Gasteiger partial charge is 0.393 e. The Hall–Kier alpha value is -1.46. The van der Waals surface area contributed by atoms with E-state index in [-0.39, 0.29) is 17.8 Å². The van der Waals surface area contributed by atoms with Crippen molar-refractivity contribution in [1.29, 1.82) is 0 Å². The minimum atomic E-state index is -0.295. The van der Waals surface area contributed by atoms with Gasteiger partial charge in [0.15, 0.2) is 0 Å². The van der Waals surface area contributed by atoms with Gasteiger partial charge in [-0.25, -0.2) is 4.39 Å². The molecule has 1 aromatic heterocycles. The maximum atomic E-state index is 13.3. The van der Waals surface area contributed by atoms with Crippen LogP contribution in [0.15, 0.2) is 18.2 Å². The van der Waals surface area contributed by atoms with Gasteiger partial charge in [0.05, 0.1) is 11.0 Å². The third kappa shape index (κ3) is 2.31. The highest BCUT2D eigenvalue weighted by Crippen LogP contribution is 2.32. The maximum Gasteiger partial charge on any atom is 0.264 e. The molecule has 3 rings (SSSR count). The average molecular weight is 293 g/mol. The lowest BCUT2D eigenvalue weighted by molar-refractivity contribution is 0.0550. The molecule has 1 fully saturated rings. The van der Waals surface area contributed by atoms with E-state index in [2.05, 4.69) is 0 Å². The topological polar surface area (TPSA) is 40.5 Å². The van der Waals surface area contributed by atoms with Crippen LogP contribution in [0.5, 0.6) is 0 Å². The number of thiophene rings is 1. The van der Waals surface area contributed by atoms with E-state index in [0.717, 1.165) is 15.6 Å². The first kappa shape index (κ1) is 13.5. The first-order valence-electron chi connectivity index (χ1n) is 6.72. The van der Waals surface area contributed by atoms with E-state index >= 15 is 0 Å². The molecule has 0 unspecified atom stereocenters. The van der Waals surface area contributed by atoms with Gasteiger partial charge in [-0.2, -0.15) is 0 Å². The summed E-state index contributed by atoms with van der Waals surface area (Å²) in [7, 11) is 0. The van der Waals surface area contributed by atoms with Crippen molar-refractivity contribution in [2.45, 2.75) is 25.9 Å². The number of fused-ring (bicyclic) bond motifs is 1. The number of aryl methyl sites for hydroxylation is 1. The number of carbonyl (C=O) groups is 1. The predicted molar refractivity (Wildman–Crippen MR) is 77.7 cm³/mol. The number of hydrogen-bond acceptors (Lipinski definition) is 3. The molecule has 1 aliphatic rings. The fourth-order valence-corrected chi connectivity index (χ4v) is 3.77. The lowest BCUT2D eigenvalue weighted by Crippen LogP contribution is -2.39. The van der Waals surface area contributed by atoms with Crippen molar-refractivity contribution in [2.24, 2.45) is 0 Å². The highest BCUT2D eigenvalue weighted by Gasteiger charge is 2.25. The molecule has 1 N–H and O–H groups in total. The molecule has 2 heterocycles. The minimum Gasteiger partial charge on any atom is -0.393 e. The van der Waals surface area contributed by atoms with Gasteiger partial charge in [-0.3, -0.25) is 4.79 Å². The van der Waals surface area contributed by atoms with Gasteiger partial charge in [0.25, 0.3) is 5.91 Å². The van der Waals surface area contributed by atoms with E-state index in [1.165, 1.54) is 23.5 Å². The highest BCUT2D eigenvalue weighted by atomic mass is 32.1.